The monoisotopic (exact) mass is 286 g/mol. The van der Waals surface area contributed by atoms with Crippen molar-refractivity contribution in [1.82, 2.24) is 0 Å². The van der Waals surface area contributed by atoms with E-state index in [4.69, 9.17) is 20.5 Å². The Morgan fingerprint density at radius 3 is 2.60 bits per heavy atom. The summed E-state index contributed by atoms with van der Waals surface area (Å²) in [5.41, 5.74) is 6.97. The van der Waals surface area contributed by atoms with Gasteiger partial charge in [-0.25, -0.2) is 0 Å². The Hall–Kier alpha value is -1.87. The molecule has 0 unspecified atom stereocenters. The van der Waals surface area contributed by atoms with Crippen molar-refractivity contribution in [2.45, 2.75) is 12.1 Å². The first-order valence-electron chi connectivity index (χ1n) is 6.36. The van der Waals surface area contributed by atoms with Gasteiger partial charge in [0.1, 0.15) is 22.8 Å². The largest absolute Gasteiger partial charge is 0.486 e. The molecule has 1 aromatic heterocycles. The van der Waals surface area contributed by atoms with Crippen molar-refractivity contribution < 1.29 is 9.47 Å². The van der Waals surface area contributed by atoms with Crippen LogP contribution in [0.25, 0.3) is 10.4 Å². The highest BCUT2D eigenvalue weighted by Gasteiger charge is 2.26. The second-order valence-electron chi connectivity index (χ2n) is 4.66. The van der Waals surface area contributed by atoms with Crippen molar-refractivity contribution in [3.05, 3.63) is 41.3 Å². The van der Waals surface area contributed by atoms with Crippen molar-refractivity contribution in [3.63, 3.8) is 0 Å². The van der Waals surface area contributed by atoms with Crippen LogP contribution in [0.4, 0.5) is 0 Å². The Labute approximate surface area is 121 Å². The van der Waals surface area contributed by atoms with Gasteiger partial charge < -0.3 is 15.2 Å². The molecule has 1 aromatic carbocycles. The van der Waals surface area contributed by atoms with Gasteiger partial charge in [0, 0.05) is 4.88 Å². The number of nitrogens with two attached hydrogens (primary N) is 1. The lowest BCUT2D eigenvalue weighted by molar-refractivity contribution is 0.140. The zero-order chi connectivity index (χ0) is 13.9. The molecule has 1 saturated heterocycles. The van der Waals surface area contributed by atoms with E-state index in [9.17, 15) is 0 Å². The van der Waals surface area contributed by atoms with Gasteiger partial charge in [-0.15, -0.1) is 11.3 Å². The summed E-state index contributed by atoms with van der Waals surface area (Å²) >= 11 is 1.48. The van der Waals surface area contributed by atoms with Crippen molar-refractivity contribution in [3.8, 4) is 22.3 Å². The van der Waals surface area contributed by atoms with E-state index in [1.807, 2.05) is 36.4 Å². The summed E-state index contributed by atoms with van der Waals surface area (Å²) in [4.78, 5) is 1.79. The second kappa shape index (κ2) is 5.63. The molecular formula is C15H14N2O2S. The third-order valence-electron chi connectivity index (χ3n) is 3.21. The molecule has 0 amide bonds. The predicted molar refractivity (Wildman–Crippen MR) is 77.7 cm³/mol. The smallest absolute Gasteiger partial charge is 0.139 e. The maximum atomic E-state index is 8.84. The minimum atomic E-state index is -0.0761. The van der Waals surface area contributed by atoms with E-state index in [-0.39, 0.29) is 12.1 Å². The number of nitriles is 1. The number of rotatable bonds is 3. The lowest BCUT2D eigenvalue weighted by Crippen LogP contribution is -2.37. The van der Waals surface area contributed by atoms with Crippen LogP contribution in [0.3, 0.4) is 0 Å². The SMILES string of the molecule is N#Cc1ccc(-c2ccc(O[C@@H]3COC[C@@H]3N)cc2)s1. The fraction of sp³-hybridized carbons (Fsp3) is 0.267. The summed E-state index contributed by atoms with van der Waals surface area (Å²) in [7, 11) is 0. The van der Waals surface area contributed by atoms with Gasteiger partial charge in [0.05, 0.1) is 19.3 Å². The highest BCUT2D eigenvalue weighted by molar-refractivity contribution is 7.16. The highest BCUT2D eigenvalue weighted by Crippen LogP contribution is 2.29. The van der Waals surface area contributed by atoms with Crippen LogP contribution in [0, 0.1) is 11.3 Å². The molecule has 0 saturated carbocycles. The second-order valence-corrected chi connectivity index (χ2v) is 5.74. The van der Waals surface area contributed by atoms with Gasteiger partial charge in [-0.05, 0) is 42.0 Å². The van der Waals surface area contributed by atoms with E-state index in [2.05, 4.69) is 6.07 Å². The van der Waals surface area contributed by atoms with Crippen molar-refractivity contribution in [2.24, 2.45) is 5.73 Å². The van der Waals surface area contributed by atoms with Gasteiger partial charge in [0.15, 0.2) is 0 Å². The quantitative estimate of drug-likeness (QED) is 0.940. The maximum absolute atomic E-state index is 8.84. The summed E-state index contributed by atoms with van der Waals surface area (Å²) in [5.74, 6) is 0.789. The average molecular weight is 286 g/mol. The van der Waals surface area contributed by atoms with Crippen molar-refractivity contribution in [1.29, 1.82) is 5.26 Å². The summed E-state index contributed by atoms with van der Waals surface area (Å²) in [5, 5.41) is 8.84. The minimum Gasteiger partial charge on any atom is -0.486 e. The first-order valence-corrected chi connectivity index (χ1v) is 7.18. The molecule has 20 heavy (non-hydrogen) atoms. The number of ether oxygens (including phenoxy) is 2. The molecule has 3 rings (SSSR count). The van der Waals surface area contributed by atoms with E-state index in [0.717, 1.165) is 21.1 Å². The predicted octanol–water partition coefficient (Wildman–Crippen LogP) is 2.39. The molecule has 1 fully saturated rings. The molecule has 0 spiro atoms. The summed E-state index contributed by atoms with van der Waals surface area (Å²) < 4.78 is 11.1. The van der Waals surface area contributed by atoms with Crippen LogP contribution in [0.5, 0.6) is 5.75 Å². The molecule has 1 aliphatic heterocycles. The molecule has 4 nitrogen and oxygen atoms in total. The Kier molecular flexibility index (Phi) is 3.70. The first kappa shape index (κ1) is 13.1. The van der Waals surface area contributed by atoms with Gasteiger partial charge in [-0.1, -0.05) is 0 Å². The Bertz CT molecular complexity index is 630. The number of hydrogen-bond donors (Lipinski definition) is 1. The van der Waals surface area contributed by atoms with Crippen LogP contribution in [0.15, 0.2) is 36.4 Å². The van der Waals surface area contributed by atoms with E-state index in [1.54, 1.807) is 0 Å². The maximum Gasteiger partial charge on any atom is 0.139 e. The molecule has 2 aromatic rings. The lowest BCUT2D eigenvalue weighted by Gasteiger charge is -2.16. The number of nitrogens with zero attached hydrogens (tertiary/aromatic N) is 1. The van der Waals surface area contributed by atoms with Crippen LogP contribution in [-0.2, 0) is 4.74 Å². The lowest BCUT2D eigenvalue weighted by atomic mass is 10.2. The normalized spacial score (nSPS) is 21.6. The zero-order valence-corrected chi connectivity index (χ0v) is 11.6. The molecule has 5 heteroatoms. The molecule has 1 aliphatic rings. The molecule has 2 N–H and O–H groups in total. The number of benzene rings is 1. The van der Waals surface area contributed by atoms with Gasteiger partial charge in [0.25, 0.3) is 0 Å². The van der Waals surface area contributed by atoms with Crippen LogP contribution in [0.1, 0.15) is 4.88 Å². The molecule has 2 heterocycles. The van der Waals surface area contributed by atoms with E-state index < -0.39 is 0 Å². The molecule has 0 aliphatic carbocycles. The molecule has 0 radical (unpaired) electrons. The topological polar surface area (TPSA) is 68.3 Å². The fourth-order valence-corrected chi connectivity index (χ4v) is 2.91. The molecular weight excluding hydrogens is 272 g/mol. The Balaban J connectivity index is 1.72. The van der Waals surface area contributed by atoms with Gasteiger partial charge in [-0.3, -0.25) is 0 Å². The third-order valence-corrected chi connectivity index (χ3v) is 4.25. The molecule has 2 atom stereocenters. The Morgan fingerprint density at radius 2 is 2.00 bits per heavy atom. The average Bonchev–Trinajstić information content (AvgIpc) is 3.10. The van der Waals surface area contributed by atoms with Crippen LogP contribution in [-0.4, -0.2) is 25.4 Å². The van der Waals surface area contributed by atoms with Crippen LogP contribution < -0.4 is 10.5 Å². The standard InChI is InChI=1S/C15H14N2O2S/c16-7-12-5-6-15(20-12)10-1-3-11(4-2-10)19-14-9-18-8-13(14)17/h1-6,13-14H,8-9,17H2/t13-,14+/m0/s1. The van der Waals surface area contributed by atoms with E-state index >= 15 is 0 Å². The molecule has 102 valence electrons. The van der Waals surface area contributed by atoms with E-state index in [1.165, 1.54) is 11.3 Å². The van der Waals surface area contributed by atoms with Crippen molar-refractivity contribution >= 4 is 11.3 Å². The minimum absolute atomic E-state index is 0.0647. The van der Waals surface area contributed by atoms with Gasteiger partial charge >= 0.3 is 0 Å². The zero-order valence-electron chi connectivity index (χ0n) is 10.8. The van der Waals surface area contributed by atoms with Gasteiger partial charge in [-0.2, -0.15) is 5.26 Å². The van der Waals surface area contributed by atoms with Crippen LogP contribution >= 0.6 is 11.3 Å². The fourth-order valence-electron chi connectivity index (χ4n) is 2.10. The van der Waals surface area contributed by atoms with E-state index in [0.29, 0.717) is 13.2 Å². The summed E-state index contributed by atoms with van der Waals surface area (Å²) in [6, 6.07) is 13.7. The highest BCUT2D eigenvalue weighted by atomic mass is 32.1. The van der Waals surface area contributed by atoms with Gasteiger partial charge in [0.2, 0.25) is 0 Å². The summed E-state index contributed by atoms with van der Waals surface area (Å²) in [6.45, 7) is 1.09. The number of thiophene rings is 1. The third kappa shape index (κ3) is 2.68. The molecule has 0 bridgehead atoms. The number of hydrogen-bond acceptors (Lipinski definition) is 5. The first-order chi connectivity index (χ1) is 9.76. The van der Waals surface area contributed by atoms with Crippen LogP contribution in [0.2, 0.25) is 0 Å². The summed E-state index contributed by atoms with van der Waals surface area (Å²) in [6.07, 6.45) is -0.0761. The Morgan fingerprint density at radius 1 is 1.20 bits per heavy atom. The van der Waals surface area contributed by atoms with Crippen molar-refractivity contribution in [2.75, 3.05) is 13.2 Å².